The van der Waals surface area contributed by atoms with E-state index in [2.05, 4.69) is 10.1 Å². The number of carbonyl (C=O) groups excluding carboxylic acids is 2. The van der Waals surface area contributed by atoms with Crippen molar-refractivity contribution in [2.75, 3.05) is 6.54 Å². The lowest BCUT2D eigenvalue weighted by Gasteiger charge is -2.15. The molecule has 98 valence electrons. The summed E-state index contributed by atoms with van der Waals surface area (Å²) < 4.78 is 39.3. The number of alkyl halides is 3. The van der Waals surface area contributed by atoms with Crippen LogP contribution in [-0.2, 0) is 14.3 Å². The summed E-state index contributed by atoms with van der Waals surface area (Å²) in [6.07, 6.45) is -2.89. The quantitative estimate of drug-likeness (QED) is 0.610. The molecule has 1 N–H and O–H groups in total. The highest BCUT2D eigenvalue weighted by Crippen LogP contribution is 2.20. The molecular formula is C10H14F3NO3. The fraction of sp³-hybridized carbons (Fsp3) is 0.800. The summed E-state index contributed by atoms with van der Waals surface area (Å²) in [6, 6.07) is 0.110. The van der Waals surface area contributed by atoms with Gasteiger partial charge < -0.3 is 10.1 Å². The molecule has 0 aromatic carbocycles. The Hall–Kier alpha value is -1.11. The third kappa shape index (κ3) is 4.33. The molecule has 7 heteroatoms. The van der Waals surface area contributed by atoms with Crippen LogP contribution in [0, 0.1) is 5.92 Å². The molecule has 2 atom stereocenters. The van der Waals surface area contributed by atoms with Crippen molar-refractivity contribution < 1.29 is 27.5 Å². The molecule has 4 nitrogen and oxygen atoms in total. The average molecular weight is 253 g/mol. The van der Waals surface area contributed by atoms with E-state index in [1.54, 1.807) is 0 Å². The van der Waals surface area contributed by atoms with E-state index in [0.29, 0.717) is 6.42 Å². The zero-order valence-electron chi connectivity index (χ0n) is 9.34. The van der Waals surface area contributed by atoms with Crippen LogP contribution in [0.15, 0.2) is 0 Å². The Kier molecular flexibility index (Phi) is 4.50. The highest BCUT2D eigenvalue weighted by Gasteiger charge is 2.43. The second-order valence-corrected chi connectivity index (χ2v) is 4.14. The number of hydrogen-bond acceptors (Lipinski definition) is 4. The van der Waals surface area contributed by atoms with Crippen molar-refractivity contribution in [3.63, 3.8) is 0 Å². The van der Waals surface area contributed by atoms with Gasteiger partial charge in [-0.3, -0.25) is 4.79 Å². The van der Waals surface area contributed by atoms with Gasteiger partial charge in [-0.2, -0.15) is 13.2 Å². The minimum atomic E-state index is -5.12. The van der Waals surface area contributed by atoms with Gasteiger partial charge in [0.15, 0.2) is 0 Å². The van der Waals surface area contributed by atoms with Crippen molar-refractivity contribution in [3.8, 4) is 0 Å². The summed E-state index contributed by atoms with van der Waals surface area (Å²) in [4.78, 5) is 21.7. The smallest absolute Gasteiger partial charge is 0.386 e. The van der Waals surface area contributed by atoms with E-state index >= 15 is 0 Å². The first kappa shape index (κ1) is 14.0. The molecule has 1 fully saturated rings. The van der Waals surface area contributed by atoms with Crippen molar-refractivity contribution in [1.29, 1.82) is 0 Å². The van der Waals surface area contributed by atoms with E-state index in [4.69, 9.17) is 0 Å². The summed E-state index contributed by atoms with van der Waals surface area (Å²) in [5, 5.41) is 3.11. The summed E-state index contributed by atoms with van der Waals surface area (Å²) in [5.74, 6) is -4.30. The second-order valence-electron chi connectivity index (χ2n) is 4.14. The number of hydrogen-bond donors (Lipinski definition) is 1. The molecule has 17 heavy (non-hydrogen) atoms. The fourth-order valence-electron chi connectivity index (χ4n) is 1.73. The van der Waals surface area contributed by atoms with Gasteiger partial charge in [-0.05, 0) is 25.8 Å². The van der Waals surface area contributed by atoms with Gasteiger partial charge in [-0.15, -0.1) is 0 Å². The average Bonchev–Trinajstić information content (AvgIpc) is 2.68. The number of esters is 2. The van der Waals surface area contributed by atoms with Crippen LogP contribution < -0.4 is 5.32 Å². The van der Waals surface area contributed by atoms with Gasteiger partial charge in [0, 0.05) is 6.04 Å². The highest BCUT2D eigenvalue weighted by molar-refractivity contribution is 5.89. The molecule has 0 radical (unpaired) electrons. The SMILES string of the molecule is CC(C[C@@H]1CCCN1)C(=O)OC(=O)C(F)(F)F. The van der Waals surface area contributed by atoms with Gasteiger partial charge >= 0.3 is 18.1 Å². The van der Waals surface area contributed by atoms with Gasteiger partial charge in [0.1, 0.15) is 0 Å². The Morgan fingerprint density at radius 3 is 2.59 bits per heavy atom. The van der Waals surface area contributed by atoms with Crippen molar-refractivity contribution >= 4 is 11.9 Å². The van der Waals surface area contributed by atoms with Crippen LogP contribution in [0.4, 0.5) is 13.2 Å². The van der Waals surface area contributed by atoms with Crippen LogP contribution in [-0.4, -0.2) is 30.7 Å². The molecule has 0 amide bonds. The summed E-state index contributed by atoms with van der Waals surface area (Å²) in [5.41, 5.74) is 0. The van der Waals surface area contributed by atoms with Crippen LogP contribution >= 0.6 is 0 Å². The predicted octanol–water partition coefficient (Wildman–Crippen LogP) is 1.40. The minimum absolute atomic E-state index is 0.110. The number of halogens is 3. The molecule has 0 bridgehead atoms. The van der Waals surface area contributed by atoms with E-state index in [-0.39, 0.29) is 6.04 Å². The Labute approximate surface area is 96.5 Å². The molecule has 1 unspecified atom stereocenters. The standard InChI is InChI=1S/C10H14F3NO3/c1-6(5-7-3-2-4-14-7)8(15)17-9(16)10(11,12)13/h6-7,14H,2-5H2,1H3/t6?,7-/m0/s1. The third-order valence-electron chi connectivity index (χ3n) is 2.63. The molecule has 1 saturated heterocycles. The van der Waals surface area contributed by atoms with Crippen LogP contribution in [0.25, 0.3) is 0 Å². The van der Waals surface area contributed by atoms with Crippen molar-refractivity contribution in [1.82, 2.24) is 5.32 Å². The summed E-state index contributed by atoms with van der Waals surface area (Å²) in [7, 11) is 0. The molecule has 0 aliphatic carbocycles. The van der Waals surface area contributed by atoms with Crippen LogP contribution in [0.3, 0.4) is 0 Å². The van der Waals surface area contributed by atoms with Gasteiger partial charge in [-0.1, -0.05) is 6.92 Å². The molecule has 1 aliphatic rings. The van der Waals surface area contributed by atoms with Gasteiger partial charge in [0.05, 0.1) is 5.92 Å². The normalized spacial score (nSPS) is 22.2. The van der Waals surface area contributed by atoms with Crippen LogP contribution in [0.2, 0.25) is 0 Å². The van der Waals surface area contributed by atoms with Crippen LogP contribution in [0.1, 0.15) is 26.2 Å². The lowest BCUT2D eigenvalue weighted by Crippen LogP contribution is -2.32. The zero-order valence-corrected chi connectivity index (χ0v) is 9.34. The van der Waals surface area contributed by atoms with Gasteiger partial charge in [0.25, 0.3) is 0 Å². The molecule has 0 aromatic rings. The van der Waals surface area contributed by atoms with E-state index in [9.17, 15) is 22.8 Å². The third-order valence-corrected chi connectivity index (χ3v) is 2.63. The first-order chi connectivity index (χ1) is 7.80. The summed E-state index contributed by atoms with van der Waals surface area (Å²) in [6.45, 7) is 2.29. The van der Waals surface area contributed by atoms with E-state index in [1.165, 1.54) is 6.92 Å². The topological polar surface area (TPSA) is 55.4 Å². The number of rotatable bonds is 3. The molecule has 0 spiro atoms. The van der Waals surface area contributed by atoms with Crippen molar-refractivity contribution in [2.45, 2.75) is 38.4 Å². The maximum Gasteiger partial charge on any atom is 0.491 e. The molecule has 1 rings (SSSR count). The molecule has 1 heterocycles. The molecule has 1 aliphatic heterocycles. The van der Waals surface area contributed by atoms with Crippen LogP contribution in [0.5, 0.6) is 0 Å². The van der Waals surface area contributed by atoms with E-state index in [0.717, 1.165) is 19.4 Å². The molecular weight excluding hydrogens is 239 g/mol. The summed E-state index contributed by atoms with van der Waals surface area (Å²) >= 11 is 0. The number of carbonyl (C=O) groups is 2. The molecule has 0 aromatic heterocycles. The lowest BCUT2D eigenvalue weighted by atomic mass is 10.0. The van der Waals surface area contributed by atoms with Gasteiger partial charge in [-0.25, -0.2) is 4.79 Å². The maximum atomic E-state index is 11.8. The Balaban J connectivity index is 2.38. The molecule has 0 saturated carbocycles. The first-order valence-electron chi connectivity index (χ1n) is 5.37. The number of nitrogens with one attached hydrogen (secondary N) is 1. The van der Waals surface area contributed by atoms with Crippen molar-refractivity contribution in [2.24, 2.45) is 5.92 Å². The van der Waals surface area contributed by atoms with E-state index in [1.807, 2.05) is 0 Å². The monoisotopic (exact) mass is 253 g/mol. The predicted molar refractivity (Wildman–Crippen MR) is 52.0 cm³/mol. The Bertz CT molecular complexity index is 298. The first-order valence-corrected chi connectivity index (χ1v) is 5.37. The largest absolute Gasteiger partial charge is 0.491 e. The number of ether oxygens (including phenoxy) is 1. The van der Waals surface area contributed by atoms with Crippen molar-refractivity contribution in [3.05, 3.63) is 0 Å². The lowest BCUT2D eigenvalue weighted by molar-refractivity contribution is -0.203. The van der Waals surface area contributed by atoms with E-state index < -0.39 is 24.0 Å². The Morgan fingerprint density at radius 2 is 2.12 bits per heavy atom. The second kappa shape index (κ2) is 5.48. The minimum Gasteiger partial charge on any atom is -0.386 e. The Morgan fingerprint density at radius 1 is 1.47 bits per heavy atom. The maximum absolute atomic E-state index is 11.8. The van der Waals surface area contributed by atoms with Gasteiger partial charge in [0.2, 0.25) is 0 Å². The fourth-order valence-corrected chi connectivity index (χ4v) is 1.73. The zero-order chi connectivity index (χ0) is 13.1. The highest BCUT2D eigenvalue weighted by atomic mass is 19.4.